The van der Waals surface area contributed by atoms with Gasteiger partial charge < -0.3 is 24.0 Å². The van der Waals surface area contributed by atoms with E-state index in [1.165, 1.54) is 12.1 Å². The van der Waals surface area contributed by atoms with Gasteiger partial charge >= 0.3 is 0 Å². The Labute approximate surface area is 205 Å². The Hall–Kier alpha value is -3.13. The second kappa shape index (κ2) is 11.5. The zero-order valence-corrected chi connectivity index (χ0v) is 20.2. The van der Waals surface area contributed by atoms with Crippen LogP contribution < -0.4 is 9.47 Å². The van der Waals surface area contributed by atoms with Crippen molar-refractivity contribution < 1.29 is 28.2 Å². The van der Waals surface area contributed by atoms with Gasteiger partial charge in [-0.3, -0.25) is 9.59 Å². The summed E-state index contributed by atoms with van der Waals surface area (Å²) < 4.78 is 31.5. The number of likely N-dealkylation sites (N-methyl/N-ethyl adjacent to an activating group) is 1. The van der Waals surface area contributed by atoms with Crippen LogP contribution in [0.25, 0.3) is 0 Å². The highest BCUT2D eigenvalue weighted by Gasteiger charge is 2.46. The number of fused-ring (bicyclic) bond motifs is 1. The molecule has 0 bridgehead atoms. The maximum Gasteiger partial charge on any atom is 0.260 e. The smallest absolute Gasteiger partial charge is 0.260 e. The van der Waals surface area contributed by atoms with E-state index < -0.39 is 11.4 Å². The molecule has 7 nitrogen and oxygen atoms in total. The summed E-state index contributed by atoms with van der Waals surface area (Å²) in [5.74, 6) is -0.0362. The van der Waals surface area contributed by atoms with E-state index in [1.807, 2.05) is 25.1 Å². The molecule has 2 aromatic rings. The second-order valence-corrected chi connectivity index (χ2v) is 8.93. The Morgan fingerprint density at radius 3 is 2.71 bits per heavy atom. The first kappa shape index (κ1) is 25.0. The van der Waals surface area contributed by atoms with Crippen LogP contribution in [-0.4, -0.2) is 73.2 Å². The van der Waals surface area contributed by atoms with Gasteiger partial charge in [0.2, 0.25) is 0 Å². The van der Waals surface area contributed by atoms with Crippen molar-refractivity contribution in [1.82, 2.24) is 9.80 Å². The van der Waals surface area contributed by atoms with Crippen LogP contribution in [0.2, 0.25) is 0 Å². The minimum Gasteiger partial charge on any atom is -0.491 e. The van der Waals surface area contributed by atoms with Gasteiger partial charge in [-0.1, -0.05) is 30.3 Å². The lowest BCUT2D eigenvalue weighted by Crippen LogP contribution is -2.62. The van der Waals surface area contributed by atoms with Gasteiger partial charge in [-0.05, 0) is 56.4 Å². The molecule has 2 aliphatic rings. The summed E-state index contributed by atoms with van der Waals surface area (Å²) in [6, 6.07) is 14.0. The van der Waals surface area contributed by atoms with Crippen LogP contribution in [0.15, 0.2) is 48.5 Å². The molecule has 0 saturated carbocycles. The van der Waals surface area contributed by atoms with E-state index in [1.54, 1.807) is 21.9 Å². The molecular weight excluding hydrogens is 451 g/mol. The van der Waals surface area contributed by atoms with Crippen LogP contribution in [0.3, 0.4) is 0 Å². The number of aryl methyl sites for hydroxylation is 1. The topological polar surface area (TPSA) is 68.3 Å². The molecule has 2 aliphatic heterocycles. The lowest BCUT2D eigenvalue weighted by molar-refractivity contribution is -0.177. The highest BCUT2D eigenvalue weighted by molar-refractivity contribution is 5.87. The first-order valence-corrected chi connectivity index (χ1v) is 12.3. The number of halogens is 1. The molecule has 4 rings (SSSR count). The van der Waals surface area contributed by atoms with Crippen molar-refractivity contribution in [2.75, 3.05) is 46.0 Å². The summed E-state index contributed by atoms with van der Waals surface area (Å²) in [6.45, 7) is 3.72. The third-order valence-electron chi connectivity index (χ3n) is 6.65. The quantitative estimate of drug-likeness (QED) is 0.665. The number of carbonyl (C=O) groups excluding carboxylic acids is 2. The predicted molar refractivity (Wildman–Crippen MR) is 129 cm³/mol. The molecule has 1 saturated heterocycles. The molecule has 188 valence electrons. The van der Waals surface area contributed by atoms with Crippen LogP contribution in [0.5, 0.6) is 11.5 Å². The fourth-order valence-electron chi connectivity index (χ4n) is 4.71. The van der Waals surface area contributed by atoms with Crippen molar-refractivity contribution in [3.05, 3.63) is 59.9 Å². The number of para-hydroxylation sites is 2. The standard InChI is InChI=1S/C27H33FN2O5/c1-2-29-15-17-33-23-12-5-3-9-21(23)10-7-8-14-27(26(29)32)20-30(16-18-35-27)25(31)19-34-24-13-6-4-11-22(24)28/h3-6,9,11-13H,2,7-8,10,14-20H2,1H3. The maximum absolute atomic E-state index is 13.9. The Balaban J connectivity index is 1.48. The van der Waals surface area contributed by atoms with Crippen molar-refractivity contribution in [1.29, 1.82) is 0 Å². The number of hydrogen-bond acceptors (Lipinski definition) is 5. The average Bonchev–Trinajstić information content (AvgIpc) is 2.88. The van der Waals surface area contributed by atoms with Crippen molar-refractivity contribution in [2.24, 2.45) is 0 Å². The average molecular weight is 485 g/mol. The Morgan fingerprint density at radius 2 is 1.89 bits per heavy atom. The van der Waals surface area contributed by atoms with E-state index in [4.69, 9.17) is 14.2 Å². The van der Waals surface area contributed by atoms with Crippen molar-refractivity contribution in [3.8, 4) is 11.5 Å². The van der Waals surface area contributed by atoms with Crippen molar-refractivity contribution >= 4 is 11.8 Å². The number of amides is 2. The molecule has 1 atom stereocenters. The molecule has 35 heavy (non-hydrogen) atoms. The van der Waals surface area contributed by atoms with Gasteiger partial charge in [0.05, 0.1) is 19.7 Å². The molecule has 2 heterocycles. The summed E-state index contributed by atoms with van der Waals surface area (Å²) in [6.07, 6.45) is 3.00. The summed E-state index contributed by atoms with van der Waals surface area (Å²) in [5, 5.41) is 0. The van der Waals surface area contributed by atoms with Gasteiger partial charge in [-0.25, -0.2) is 4.39 Å². The fourth-order valence-corrected chi connectivity index (χ4v) is 4.71. The second-order valence-electron chi connectivity index (χ2n) is 8.93. The Morgan fingerprint density at radius 1 is 1.09 bits per heavy atom. The van der Waals surface area contributed by atoms with Crippen LogP contribution in [-0.2, 0) is 20.7 Å². The van der Waals surface area contributed by atoms with Crippen molar-refractivity contribution in [2.45, 2.75) is 38.2 Å². The van der Waals surface area contributed by atoms with Crippen LogP contribution >= 0.6 is 0 Å². The van der Waals surface area contributed by atoms with E-state index in [9.17, 15) is 14.0 Å². The highest BCUT2D eigenvalue weighted by Crippen LogP contribution is 2.29. The molecular formula is C27H33FN2O5. The number of nitrogens with zero attached hydrogens (tertiary/aromatic N) is 2. The molecule has 0 N–H and O–H groups in total. The molecule has 2 amide bonds. The number of hydrogen-bond donors (Lipinski definition) is 0. The molecule has 1 fully saturated rings. The van der Waals surface area contributed by atoms with E-state index >= 15 is 0 Å². The summed E-state index contributed by atoms with van der Waals surface area (Å²) >= 11 is 0. The third-order valence-corrected chi connectivity index (χ3v) is 6.65. The lowest BCUT2D eigenvalue weighted by atomic mass is 9.91. The van der Waals surface area contributed by atoms with Crippen LogP contribution in [0.4, 0.5) is 4.39 Å². The Bertz CT molecular complexity index is 1030. The van der Waals surface area contributed by atoms with E-state index in [0.717, 1.165) is 30.6 Å². The van der Waals surface area contributed by atoms with Gasteiger partial charge in [-0.2, -0.15) is 0 Å². The molecule has 0 aromatic heterocycles. The van der Waals surface area contributed by atoms with Crippen molar-refractivity contribution in [3.63, 3.8) is 0 Å². The summed E-state index contributed by atoms with van der Waals surface area (Å²) in [7, 11) is 0. The SMILES string of the molecule is CCN1CCOc2ccccc2CCCCC2(CN(C(=O)COc3ccccc3F)CCO2)C1=O. The zero-order valence-electron chi connectivity index (χ0n) is 20.2. The molecule has 2 aromatic carbocycles. The highest BCUT2D eigenvalue weighted by atomic mass is 19.1. The normalized spacial score (nSPS) is 21.5. The van der Waals surface area contributed by atoms with Gasteiger partial charge in [0.25, 0.3) is 11.8 Å². The number of benzene rings is 2. The number of carbonyl (C=O) groups is 2. The third kappa shape index (κ3) is 5.93. The fraction of sp³-hybridized carbons (Fsp3) is 0.481. The molecule has 0 aliphatic carbocycles. The molecule has 0 radical (unpaired) electrons. The molecule has 1 spiro atoms. The van der Waals surface area contributed by atoms with Crippen LogP contribution in [0.1, 0.15) is 31.7 Å². The van der Waals surface area contributed by atoms with E-state index in [2.05, 4.69) is 6.07 Å². The Kier molecular flexibility index (Phi) is 8.23. The van der Waals surface area contributed by atoms with Gasteiger partial charge in [0, 0.05) is 13.1 Å². The largest absolute Gasteiger partial charge is 0.491 e. The number of ether oxygens (including phenoxy) is 3. The number of rotatable bonds is 4. The van der Waals surface area contributed by atoms with Gasteiger partial charge in [-0.15, -0.1) is 0 Å². The predicted octanol–water partition coefficient (Wildman–Crippen LogP) is 3.46. The molecule has 1 unspecified atom stereocenters. The van der Waals surface area contributed by atoms with Crippen LogP contribution in [0, 0.1) is 5.82 Å². The first-order valence-electron chi connectivity index (χ1n) is 12.3. The zero-order chi connectivity index (χ0) is 24.7. The monoisotopic (exact) mass is 484 g/mol. The van der Waals surface area contributed by atoms with E-state index in [0.29, 0.717) is 32.7 Å². The van der Waals surface area contributed by atoms with Gasteiger partial charge in [0.15, 0.2) is 23.8 Å². The minimum atomic E-state index is -1.11. The first-order chi connectivity index (χ1) is 17.0. The summed E-state index contributed by atoms with van der Waals surface area (Å²) in [5.41, 5.74) is 0.0452. The van der Waals surface area contributed by atoms with E-state index in [-0.39, 0.29) is 37.3 Å². The number of morpholine rings is 1. The van der Waals surface area contributed by atoms with Gasteiger partial charge in [0.1, 0.15) is 12.4 Å². The minimum absolute atomic E-state index is 0.0309. The summed E-state index contributed by atoms with van der Waals surface area (Å²) in [4.78, 5) is 30.0. The maximum atomic E-state index is 13.9. The lowest BCUT2D eigenvalue weighted by Gasteiger charge is -2.44. The molecule has 8 heteroatoms.